The number of nitrogens with one attached hydrogen (secondary N) is 1. The van der Waals surface area contributed by atoms with Crippen LogP contribution < -0.4 is 5.32 Å². The summed E-state index contributed by atoms with van der Waals surface area (Å²) in [4.78, 5) is 10.1. The summed E-state index contributed by atoms with van der Waals surface area (Å²) in [5.41, 5.74) is 1.24. The Hall–Kier alpha value is -1.07. The summed E-state index contributed by atoms with van der Waals surface area (Å²) in [5.74, 6) is 1.26. The van der Waals surface area contributed by atoms with E-state index in [2.05, 4.69) is 11.6 Å². The second kappa shape index (κ2) is 9.81. The first-order chi connectivity index (χ1) is 9.24. The van der Waals surface area contributed by atoms with Gasteiger partial charge in [0.25, 0.3) is 5.69 Å². The lowest BCUT2D eigenvalue weighted by Gasteiger charge is -2.05. The van der Waals surface area contributed by atoms with E-state index in [0.29, 0.717) is 0 Å². The van der Waals surface area contributed by atoms with Gasteiger partial charge in [-0.3, -0.25) is 10.1 Å². The molecule has 5 heteroatoms. The Morgan fingerprint density at radius 3 is 2.47 bits per heavy atom. The number of hydrogen-bond donors (Lipinski definition) is 1. The van der Waals surface area contributed by atoms with Crippen LogP contribution in [0.1, 0.15) is 31.2 Å². The molecule has 0 aliphatic rings. The van der Waals surface area contributed by atoms with Crippen LogP contribution in [0.5, 0.6) is 0 Å². The fourth-order valence-corrected chi connectivity index (χ4v) is 2.31. The van der Waals surface area contributed by atoms with E-state index < -0.39 is 0 Å². The molecule has 1 aromatic carbocycles. The van der Waals surface area contributed by atoms with Crippen LogP contribution in [0.2, 0.25) is 0 Å². The molecular weight excluding hydrogens is 260 g/mol. The van der Waals surface area contributed by atoms with Gasteiger partial charge < -0.3 is 5.32 Å². The second-order valence-corrected chi connectivity index (χ2v) is 5.49. The molecule has 106 valence electrons. The Balaban J connectivity index is 2.07. The van der Waals surface area contributed by atoms with Crippen LogP contribution in [0.4, 0.5) is 5.69 Å². The number of unbranched alkanes of at least 4 members (excludes halogenated alkanes) is 3. The quantitative estimate of drug-likeness (QED) is 0.404. The van der Waals surface area contributed by atoms with Crippen LogP contribution >= 0.6 is 11.8 Å². The van der Waals surface area contributed by atoms with E-state index in [1.807, 2.05) is 23.9 Å². The Morgan fingerprint density at radius 2 is 1.84 bits per heavy atom. The van der Waals surface area contributed by atoms with Crippen molar-refractivity contribution in [3.63, 3.8) is 0 Å². The zero-order chi connectivity index (χ0) is 13.9. The highest BCUT2D eigenvalue weighted by Crippen LogP contribution is 2.11. The molecule has 1 aromatic rings. The van der Waals surface area contributed by atoms with Crippen molar-refractivity contribution in [2.45, 2.75) is 32.2 Å². The highest BCUT2D eigenvalue weighted by atomic mass is 32.2. The van der Waals surface area contributed by atoms with Crippen molar-refractivity contribution in [3.05, 3.63) is 39.9 Å². The fraction of sp³-hybridized carbons (Fsp3) is 0.571. The lowest BCUT2D eigenvalue weighted by molar-refractivity contribution is -0.384. The van der Waals surface area contributed by atoms with Crippen molar-refractivity contribution in [1.82, 2.24) is 5.32 Å². The van der Waals surface area contributed by atoms with E-state index in [0.717, 1.165) is 18.7 Å². The van der Waals surface area contributed by atoms with Gasteiger partial charge in [-0.05, 0) is 37.0 Å². The zero-order valence-electron chi connectivity index (χ0n) is 11.4. The van der Waals surface area contributed by atoms with E-state index >= 15 is 0 Å². The third-order valence-corrected chi connectivity index (χ3v) is 3.63. The van der Waals surface area contributed by atoms with E-state index in [1.165, 1.54) is 31.4 Å². The molecule has 0 saturated heterocycles. The molecular formula is C14H22N2O2S. The summed E-state index contributed by atoms with van der Waals surface area (Å²) in [7, 11) is 0. The maximum atomic E-state index is 10.5. The highest BCUT2D eigenvalue weighted by molar-refractivity contribution is 7.98. The van der Waals surface area contributed by atoms with Gasteiger partial charge in [-0.15, -0.1) is 0 Å². The van der Waals surface area contributed by atoms with Crippen LogP contribution in [-0.4, -0.2) is 23.5 Å². The first kappa shape index (κ1) is 16.0. The van der Waals surface area contributed by atoms with E-state index in [1.54, 1.807) is 12.1 Å². The SMILES string of the molecule is CSCCCCCCNCc1ccc([N+](=O)[O-])cc1. The van der Waals surface area contributed by atoms with Crippen LogP contribution in [0.25, 0.3) is 0 Å². The predicted octanol–water partition coefficient (Wildman–Crippen LogP) is 3.61. The summed E-state index contributed by atoms with van der Waals surface area (Å²) in [6, 6.07) is 6.73. The summed E-state index contributed by atoms with van der Waals surface area (Å²) in [5, 5.41) is 13.9. The van der Waals surface area contributed by atoms with Gasteiger partial charge in [0, 0.05) is 18.7 Å². The molecule has 0 spiro atoms. The van der Waals surface area contributed by atoms with Gasteiger partial charge in [0.05, 0.1) is 4.92 Å². The number of nitro groups is 1. The predicted molar refractivity (Wildman–Crippen MR) is 81.7 cm³/mol. The third kappa shape index (κ3) is 7.18. The smallest absolute Gasteiger partial charge is 0.269 e. The number of non-ortho nitro benzene ring substituents is 1. The van der Waals surface area contributed by atoms with Gasteiger partial charge >= 0.3 is 0 Å². The van der Waals surface area contributed by atoms with Crippen LogP contribution in [-0.2, 0) is 6.54 Å². The first-order valence-corrected chi connectivity index (χ1v) is 8.06. The normalized spacial score (nSPS) is 10.6. The van der Waals surface area contributed by atoms with Crippen LogP contribution in [0.3, 0.4) is 0 Å². The molecule has 4 nitrogen and oxygen atoms in total. The Bertz CT molecular complexity index is 368. The van der Waals surface area contributed by atoms with Gasteiger partial charge in [0.1, 0.15) is 0 Å². The molecule has 0 radical (unpaired) electrons. The lowest BCUT2D eigenvalue weighted by Crippen LogP contribution is -2.14. The van der Waals surface area contributed by atoms with Gasteiger partial charge in [0.2, 0.25) is 0 Å². The topological polar surface area (TPSA) is 55.2 Å². The molecule has 0 aliphatic carbocycles. The number of nitro benzene ring substituents is 1. The molecule has 0 fully saturated rings. The van der Waals surface area contributed by atoms with Gasteiger partial charge in [-0.25, -0.2) is 0 Å². The Labute approximate surface area is 119 Å². The summed E-state index contributed by atoms with van der Waals surface area (Å²) < 4.78 is 0. The summed E-state index contributed by atoms with van der Waals surface area (Å²) in [6.07, 6.45) is 7.23. The standard InChI is InChI=1S/C14H22N2O2S/c1-19-11-5-3-2-4-10-15-12-13-6-8-14(9-7-13)16(17)18/h6-9,15H,2-5,10-12H2,1H3. The fourth-order valence-electron chi connectivity index (χ4n) is 1.82. The molecule has 0 atom stereocenters. The van der Waals surface area contributed by atoms with E-state index in [4.69, 9.17) is 0 Å². The monoisotopic (exact) mass is 282 g/mol. The molecule has 0 unspecified atom stereocenters. The minimum Gasteiger partial charge on any atom is -0.313 e. The average Bonchev–Trinajstić information content (AvgIpc) is 2.42. The van der Waals surface area contributed by atoms with Crippen molar-refractivity contribution in [2.24, 2.45) is 0 Å². The summed E-state index contributed by atoms with van der Waals surface area (Å²) in [6.45, 7) is 1.79. The second-order valence-electron chi connectivity index (χ2n) is 4.51. The molecule has 0 amide bonds. The maximum absolute atomic E-state index is 10.5. The van der Waals surface area contributed by atoms with Crippen LogP contribution in [0, 0.1) is 10.1 Å². The summed E-state index contributed by atoms with van der Waals surface area (Å²) >= 11 is 1.91. The van der Waals surface area contributed by atoms with Crippen molar-refractivity contribution in [1.29, 1.82) is 0 Å². The lowest BCUT2D eigenvalue weighted by atomic mass is 10.2. The minimum atomic E-state index is -0.369. The van der Waals surface area contributed by atoms with Gasteiger partial charge in [0.15, 0.2) is 0 Å². The van der Waals surface area contributed by atoms with Gasteiger partial charge in [-0.1, -0.05) is 25.0 Å². The number of rotatable bonds is 10. The third-order valence-electron chi connectivity index (χ3n) is 2.93. The van der Waals surface area contributed by atoms with Crippen molar-refractivity contribution < 1.29 is 4.92 Å². The minimum absolute atomic E-state index is 0.151. The molecule has 0 heterocycles. The maximum Gasteiger partial charge on any atom is 0.269 e. The molecule has 19 heavy (non-hydrogen) atoms. The molecule has 0 saturated carbocycles. The highest BCUT2D eigenvalue weighted by Gasteiger charge is 2.03. The Kier molecular flexibility index (Phi) is 8.25. The Morgan fingerprint density at radius 1 is 1.16 bits per heavy atom. The molecule has 1 rings (SSSR count). The van der Waals surface area contributed by atoms with Gasteiger partial charge in [-0.2, -0.15) is 11.8 Å². The first-order valence-electron chi connectivity index (χ1n) is 6.67. The van der Waals surface area contributed by atoms with Crippen molar-refractivity contribution in [2.75, 3.05) is 18.6 Å². The number of nitrogens with zero attached hydrogens (tertiary/aromatic N) is 1. The molecule has 0 aromatic heterocycles. The zero-order valence-corrected chi connectivity index (χ0v) is 12.2. The average molecular weight is 282 g/mol. The van der Waals surface area contributed by atoms with Crippen molar-refractivity contribution >= 4 is 17.4 Å². The van der Waals surface area contributed by atoms with E-state index in [9.17, 15) is 10.1 Å². The molecule has 0 aliphatic heterocycles. The van der Waals surface area contributed by atoms with Crippen molar-refractivity contribution in [3.8, 4) is 0 Å². The molecule has 1 N–H and O–H groups in total. The number of hydrogen-bond acceptors (Lipinski definition) is 4. The largest absolute Gasteiger partial charge is 0.313 e. The number of benzene rings is 1. The molecule has 0 bridgehead atoms. The van der Waals surface area contributed by atoms with E-state index in [-0.39, 0.29) is 10.6 Å². The van der Waals surface area contributed by atoms with Crippen LogP contribution in [0.15, 0.2) is 24.3 Å². The number of thioether (sulfide) groups is 1.